The fraction of sp³-hybridized carbons (Fsp3) is 0.0196. The Morgan fingerprint density at radius 3 is 1.59 bits per heavy atom. The molecule has 0 heteroatoms. The minimum absolute atomic E-state index is 0.443. The summed E-state index contributed by atoms with van der Waals surface area (Å²) in [6, 6.07) is 68.5. The summed E-state index contributed by atoms with van der Waals surface area (Å²) in [6.45, 7) is 0. The van der Waals surface area contributed by atoms with E-state index in [1.807, 2.05) is 0 Å². The van der Waals surface area contributed by atoms with E-state index in [0.29, 0.717) is 0 Å². The van der Waals surface area contributed by atoms with Crippen molar-refractivity contribution in [1.82, 2.24) is 0 Å². The van der Waals surface area contributed by atoms with Gasteiger partial charge in [-0.05, 0) is 122 Å². The summed E-state index contributed by atoms with van der Waals surface area (Å²) >= 11 is 0. The van der Waals surface area contributed by atoms with Crippen LogP contribution < -0.4 is 0 Å². The zero-order valence-corrected chi connectivity index (χ0v) is 27.8. The molecule has 0 amide bonds. The van der Waals surface area contributed by atoms with Crippen LogP contribution in [0.15, 0.2) is 182 Å². The first-order chi connectivity index (χ1) is 25.3. The van der Waals surface area contributed by atoms with Crippen LogP contribution in [0.3, 0.4) is 0 Å². The van der Waals surface area contributed by atoms with Gasteiger partial charge in [0.15, 0.2) is 0 Å². The molecule has 0 N–H and O–H groups in total. The summed E-state index contributed by atoms with van der Waals surface area (Å²) in [4.78, 5) is 0. The largest absolute Gasteiger partial charge is 0.0732 e. The highest BCUT2D eigenvalue weighted by molar-refractivity contribution is 6.24. The Kier molecular flexibility index (Phi) is 5.26. The Labute approximate surface area is 295 Å². The van der Waals surface area contributed by atoms with Gasteiger partial charge in [-0.15, -0.1) is 0 Å². The van der Waals surface area contributed by atoms with Crippen LogP contribution in [0.1, 0.15) is 22.3 Å². The molecule has 0 saturated heterocycles. The van der Waals surface area contributed by atoms with Crippen LogP contribution in [0.25, 0.3) is 87.2 Å². The predicted molar refractivity (Wildman–Crippen MR) is 216 cm³/mol. The van der Waals surface area contributed by atoms with Crippen LogP contribution in [0.2, 0.25) is 0 Å². The first-order valence-corrected chi connectivity index (χ1v) is 17.9. The molecule has 0 fully saturated rings. The van der Waals surface area contributed by atoms with Crippen LogP contribution in [-0.2, 0) is 5.41 Å². The Hall–Kier alpha value is -6.50. The molecule has 2 aliphatic rings. The highest BCUT2D eigenvalue weighted by Crippen LogP contribution is 2.66. The molecule has 1 spiro atoms. The third kappa shape index (κ3) is 3.35. The zero-order valence-electron chi connectivity index (χ0n) is 27.8. The van der Waals surface area contributed by atoms with Gasteiger partial charge in [0.25, 0.3) is 0 Å². The number of fused-ring (bicyclic) bond motifs is 20. The van der Waals surface area contributed by atoms with Crippen molar-refractivity contribution < 1.29 is 0 Å². The van der Waals surface area contributed by atoms with E-state index in [-0.39, 0.29) is 0 Å². The van der Waals surface area contributed by atoms with Gasteiger partial charge < -0.3 is 0 Å². The molecule has 0 radical (unpaired) electrons. The Morgan fingerprint density at radius 1 is 0.275 bits per heavy atom. The molecule has 0 aromatic heterocycles. The average Bonchev–Trinajstić information content (AvgIpc) is 3.69. The summed E-state index contributed by atoms with van der Waals surface area (Å²) < 4.78 is 0. The van der Waals surface area contributed by atoms with Crippen molar-refractivity contribution >= 4 is 53.9 Å². The maximum Gasteiger partial charge on any atom is 0.0732 e. The second kappa shape index (κ2) is 9.81. The molecular formula is C51H30. The second-order valence-electron chi connectivity index (χ2n) is 14.3. The fourth-order valence-electron chi connectivity index (χ4n) is 10.1. The molecule has 0 nitrogen and oxygen atoms in total. The van der Waals surface area contributed by atoms with Crippen molar-refractivity contribution in [3.63, 3.8) is 0 Å². The lowest BCUT2D eigenvalue weighted by Crippen LogP contribution is -2.26. The van der Waals surface area contributed by atoms with Crippen LogP contribution in [0.4, 0.5) is 0 Å². The first-order valence-electron chi connectivity index (χ1n) is 17.9. The van der Waals surface area contributed by atoms with E-state index in [1.54, 1.807) is 0 Å². The molecule has 0 atom stereocenters. The highest BCUT2D eigenvalue weighted by Gasteiger charge is 2.53. The van der Waals surface area contributed by atoms with Gasteiger partial charge in [-0.2, -0.15) is 0 Å². The van der Waals surface area contributed by atoms with Gasteiger partial charge in [-0.3, -0.25) is 0 Å². The smallest absolute Gasteiger partial charge is 0.0619 e. The SMILES string of the molecule is c1ccc2c(c1)-c1ccccc1C21c2ccc3ccccc3c2-c2c1c1ccc(-c3cc4ccccc4c4ccccc34)cc1c1ccccc21. The van der Waals surface area contributed by atoms with E-state index in [1.165, 1.54) is 109 Å². The maximum atomic E-state index is 2.48. The first kappa shape index (κ1) is 27.3. The van der Waals surface area contributed by atoms with Gasteiger partial charge in [0.1, 0.15) is 0 Å². The van der Waals surface area contributed by atoms with Crippen LogP contribution in [0.5, 0.6) is 0 Å². The van der Waals surface area contributed by atoms with E-state index in [2.05, 4.69) is 182 Å². The number of benzene rings is 10. The van der Waals surface area contributed by atoms with Gasteiger partial charge in [-0.1, -0.05) is 170 Å². The van der Waals surface area contributed by atoms with E-state index in [4.69, 9.17) is 0 Å². The molecule has 2 aliphatic carbocycles. The Balaban J connectivity index is 1.28. The lowest BCUT2D eigenvalue weighted by molar-refractivity contribution is 0.802. The van der Waals surface area contributed by atoms with E-state index < -0.39 is 5.41 Å². The van der Waals surface area contributed by atoms with Crippen LogP contribution >= 0.6 is 0 Å². The molecule has 0 aliphatic heterocycles. The summed E-state index contributed by atoms with van der Waals surface area (Å²) in [5.74, 6) is 0. The van der Waals surface area contributed by atoms with E-state index in [0.717, 1.165) is 0 Å². The third-order valence-electron chi connectivity index (χ3n) is 12.0. The molecule has 0 bridgehead atoms. The zero-order chi connectivity index (χ0) is 33.3. The minimum Gasteiger partial charge on any atom is -0.0619 e. The van der Waals surface area contributed by atoms with Crippen molar-refractivity contribution in [3.05, 3.63) is 204 Å². The number of rotatable bonds is 1. The highest BCUT2D eigenvalue weighted by atomic mass is 14.5. The minimum atomic E-state index is -0.443. The van der Waals surface area contributed by atoms with Gasteiger partial charge >= 0.3 is 0 Å². The van der Waals surface area contributed by atoms with E-state index >= 15 is 0 Å². The topological polar surface area (TPSA) is 0 Å². The third-order valence-corrected chi connectivity index (χ3v) is 12.0. The predicted octanol–water partition coefficient (Wildman–Crippen LogP) is 13.5. The van der Waals surface area contributed by atoms with Gasteiger partial charge in [0, 0.05) is 0 Å². The Bertz CT molecular complexity index is 3100. The van der Waals surface area contributed by atoms with Crippen LogP contribution in [-0.4, -0.2) is 0 Å². The van der Waals surface area contributed by atoms with Gasteiger partial charge in [0.05, 0.1) is 5.41 Å². The molecule has 234 valence electrons. The van der Waals surface area contributed by atoms with Crippen molar-refractivity contribution in [1.29, 1.82) is 0 Å². The van der Waals surface area contributed by atoms with Crippen molar-refractivity contribution in [2.45, 2.75) is 5.41 Å². The summed E-state index contributed by atoms with van der Waals surface area (Å²) in [5.41, 5.74) is 13.0. The molecule has 0 saturated carbocycles. The molecule has 0 unspecified atom stereocenters. The lowest BCUT2D eigenvalue weighted by atomic mass is 9.69. The molecule has 51 heavy (non-hydrogen) atoms. The molecule has 10 aromatic carbocycles. The summed E-state index contributed by atoms with van der Waals surface area (Å²) in [5, 5.41) is 13.0. The van der Waals surface area contributed by atoms with Gasteiger partial charge in [-0.25, -0.2) is 0 Å². The van der Waals surface area contributed by atoms with Crippen molar-refractivity contribution in [3.8, 4) is 33.4 Å². The summed E-state index contributed by atoms with van der Waals surface area (Å²) in [7, 11) is 0. The van der Waals surface area contributed by atoms with E-state index in [9.17, 15) is 0 Å². The monoisotopic (exact) mass is 642 g/mol. The summed E-state index contributed by atoms with van der Waals surface area (Å²) in [6.07, 6.45) is 0. The maximum absolute atomic E-state index is 2.48. The normalized spacial score (nSPS) is 13.6. The lowest BCUT2D eigenvalue weighted by Gasteiger charge is -2.32. The van der Waals surface area contributed by atoms with Crippen LogP contribution in [0, 0.1) is 0 Å². The molecule has 12 rings (SSSR count). The second-order valence-corrected chi connectivity index (χ2v) is 14.3. The number of hydrogen-bond donors (Lipinski definition) is 0. The number of hydrogen-bond acceptors (Lipinski definition) is 0. The Morgan fingerprint density at radius 2 is 0.843 bits per heavy atom. The quantitative estimate of drug-likeness (QED) is 0.156. The molecular weight excluding hydrogens is 613 g/mol. The van der Waals surface area contributed by atoms with Gasteiger partial charge in [0.2, 0.25) is 0 Å². The van der Waals surface area contributed by atoms with Crippen molar-refractivity contribution in [2.75, 3.05) is 0 Å². The average molecular weight is 643 g/mol. The molecule has 0 heterocycles. The van der Waals surface area contributed by atoms with Crippen molar-refractivity contribution in [2.24, 2.45) is 0 Å². The fourth-order valence-corrected chi connectivity index (χ4v) is 10.1. The standard InChI is InChI=1S/C51H30/c1-4-16-35-31(13-1)26-28-47-48(35)49-41-22-8-7-19-38(41)44-30-33(43-29-32-14-2-3-15-34(32)36-17-5-6-18-37(36)43)25-27-42(44)50(49)51(47)45-23-11-9-20-39(45)40-21-10-12-24-46(40)51/h1-30H. The molecule has 10 aromatic rings.